The molecule has 1 aliphatic rings. The Morgan fingerprint density at radius 1 is 1.15 bits per heavy atom. The lowest BCUT2D eigenvalue weighted by atomic mass is 9.99. The minimum atomic E-state index is -0.315. The summed E-state index contributed by atoms with van der Waals surface area (Å²) in [6.07, 6.45) is 2.11. The Hall–Kier alpha value is -3.05. The number of nitrogens with zero attached hydrogens (tertiary/aromatic N) is 2. The zero-order valence-electron chi connectivity index (χ0n) is 14.6. The fourth-order valence-electron chi connectivity index (χ4n) is 3.23. The molecule has 1 aromatic heterocycles. The molecule has 0 aliphatic carbocycles. The van der Waals surface area contributed by atoms with Crippen LogP contribution < -0.4 is 4.74 Å². The van der Waals surface area contributed by atoms with Gasteiger partial charge in [0.25, 0.3) is 5.91 Å². The lowest BCUT2D eigenvalue weighted by Gasteiger charge is -2.24. The lowest BCUT2D eigenvalue weighted by molar-refractivity contribution is 0.0709. The number of furan rings is 1. The maximum Gasteiger partial charge on any atom is 0.276 e. The van der Waals surface area contributed by atoms with Crippen LogP contribution in [-0.2, 0) is 0 Å². The van der Waals surface area contributed by atoms with Gasteiger partial charge in [-0.15, -0.1) is 0 Å². The molecule has 2 aromatic carbocycles. The topological polar surface area (TPSA) is 55.0 Å². The van der Waals surface area contributed by atoms with Crippen LogP contribution in [0.1, 0.15) is 34.1 Å². The van der Waals surface area contributed by atoms with Crippen molar-refractivity contribution in [3.05, 3.63) is 88.8 Å². The first kappa shape index (κ1) is 17.4. The van der Waals surface area contributed by atoms with Crippen LogP contribution in [0.5, 0.6) is 5.75 Å². The number of rotatable bonds is 4. The van der Waals surface area contributed by atoms with E-state index in [0.29, 0.717) is 34.2 Å². The minimum absolute atomic E-state index is 0.266. The van der Waals surface area contributed by atoms with Gasteiger partial charge in [-0.05, 0) is 30.3 Å². The van der Waals surface area contributed by atoms with Gasteiger partial charge in [0.05, 0.1) is 30.0 Å². The molecule has 27 heavy (non-hydrogen) atoms. The van der Waals surface area contributed by atoms with Gasteiger partial charge in [-0.3, -0.25) is 4.79 Å². The fraction of sp³-hybridized carbons (Fsp3) is 0.143. The number of hydrazone groups is 1. The summed E-state index contributed by atoms with van der Waals surface area (Å²) in [6, 6.07) is 17.9. The number of hydrogen-bond acceptors (Lipinski definition) is 4. The number of carbonyl (C=O) groups excluding carboxylic acids is 1. The third-order valence-corrected chi connectivity index (χ3v) is 4.86. The summed E-state index contributed by atoms with van der Waals surface area (Å²) in [7, 11) is 1.61. The number of ether oxygens (including phenoxy) is 1. The zero-order valence-corrected chi connectivity index (χ0v) is 15.4. The van der Waals surface area contributed by atoms with Crippen LogP contribution in [0.25, 0.3) is 0 Å². The molecule has 0 radical (unpaired) electrons. The van der Waals surface area contributed by atoms with Gasteiger partial charge in [-0.25, -0.2) is 5.01 Å². The summed E-state index contributed by atoms with van der Waals surface area (Å²) < 4.78 is 11.0. The predicted octanol–water partition coefficient (Wildman–Crippen LogP) is 4.93. The van der Waals surface area contributed by atoms with Gasteiger partial charge in [0.1, 0.15) is 17.2 Å². The Labute approximate surface area is 161 Å². The molecule has 2 heterocycles. The zero-order chi connectivity index (χ0) is 18.8. The normalized spacial score (nSPS) is 16.3. The van der Waals surface area contributed by atoms with E-state index in [1.807, 2.05) is 30.3 Å². The monoisotopic (exact) mass is 380 g/mol. The minimum Gasteiger partial charge on any atom is -0.496 e. The maximum atomic E-state index is 13.2. The van der Waals surface area contributed by atoms with E-state index in [1.165, 1.54) is 5.01 Å². The number of benzene rings is 2. The SMILES string of the molecule is COc1ccccc1C1CC(c2ccco2)=NN1C(=O)c1ccccc1Cl. The number of amides is 1. The van der Waals surface area contributed by atoms with Crippen LogP contribution in [-0.4, -0.2) is 23.7 Å². The van der Waals surface area contributed by atoms with Crippen LogP contribution >= 0.6 is 11.6 Å². The van der Waals surface area contributed by atoms with E-state index in [4.69, 9.17) is 20.8 Å². The van der Waals surface area contributed by atoms with Crippen LogP contribution in [0, 0.1) is 0 Å². The Kier molecular flexibility index (Phi) is 4.69. The molecular formula is C21H17ClN2O3. The smallest absolute Gasteiger partial charge is 0.276 e. The second kappa shape index (κ2) is 7.29. The molecule has 0 bridgehead atoms. The van der Waals surface area contributed by atoms with E-state index < -0.39 is 0 Å². The molecule has 5 nitrogen and oxygen atoms in total. The first-order valence-electron chi connectivity index (χ1n) is 8.51. The molecule has 0 saturated carbocycles. The Balaban J connectivity index is 1.78. The van der Waals surface area contributed by atoms with E-state index >= 15 is 0 Å². The summed E-state index contributed by atoms with van der Waals surface area (Å²) in [4.78, 5) is 13.2. The van der Waals surface area contributed by atoms with Gasteiger partial charge in [-0.2, -0.15) is 5.10 Å². The van der Waals surface area contributed by atoms with Crippen LogP contribution in [0.2, 0.25) is 5.02 Å². The van der Waals surface area contributed by atoms with Crippen molar-refractivity contribution in [2.75, 3.05) is 7.11 Å². The number of methoxy groups -OCH3 is 1. The molecule has 1 atom stereocenters. The summed E-state index contributed by atoms with van der Waals surface area (Å²) in [5.74, 6) is 1.08. The number of para-hydroxylation sites is 1. The molecule has 1 unspecified atom stereocenters. The molecule has 136 valence electrons. The van der Waals surface area contributed by atoms with Crippen LogP contribution in [0.3, 0.4) is 0 Å². The lowest BCUT2D eigenvalue weighted by Crippen LogP contribution is -2.27. The summed E-state index contributed by atoms with van der Waals surface area (Å²) >= 11 is 6.25. The standard InChI is InChI=1S/C21H17ClN2O3/c1-26-19-10-5-3-8-15(19)18-13-17(20-11-6-12-27-20)23-24(18)21(25)14-7-2-4-9-16(14)22/h2-12,18H,13H2,1H3. The van der Waals surface area contributed by atoms with Gasteiger partial charge < -0.3 is 9.15 Å². The van der Waals surface area contributed by atoms with Gasteiger partial charge in [0.15, 0.2) is 0 Å². The van der Waals surface area contributed by atoms with Crippen molar-refractivity contribution >= 4 is 23.2 Å². The predicted molar refractivity (Wildman–Crippen MR) is 103 cm³/mol. The van der Waals surface area contributed by atoms with Gasteiger partial charge in [0.2, 0.25) is 0 Å². The van der Waals surface area contributed by atoms with Crippen molar-refractivity contribution in [3.8, 4) is 5.75 Å². The van der Waals surface area contributed by atoms with Crippen molar-refractivity contribution in [1.29, 1.82) is 0 Å². The molecule has 4 rings (SSSR count). The Bertz CT molecular complexity index is 998. The summed E-state index contributed by atoms with van der Waals surface area (Å²) in [5, 5.41) is 6.43. The van der Waals surface area contributed by atoms with Gasteiger partial charge in [0, 0.05) is 12.0 Å². The third-order valence-electron chi connectivity index (χ3n) is 4.53. The summed E-state index contributed by atoms with van der Waals surface area (Å²) in [6.45, 7) is 0. The van der Waals surface area contributed by atoms with Crippen molar-refractivity contribution < 1.29 is 13.9 Å². The van der Waals surface area contributed by atoms with Crippen molar-refractivity contribution in [3.63, 3.8) is 0 Å². The van der Waals surface area contributed by atoms with E-state index in [1.54, 1.807) is 43.7 Å². The van der Waals surface area contributed by atoms with E-state index in [9.17, 15) is 4.79 Å². The molecule has 1 amide bonds. The van der Waals surface area contributed by atoms with Gasteiger partial charge in [-0.1, -0.05) is 41.9 Å². The molecule has 3 aromatic rings. The van der Waals surface area contributed by atoms with E-state index in [2.05, 4.69) is 5.10 Å². The van der Waals surface area contributed by atoms with Crippen molar-refractivity contribution in [2.24, 2.45) is 5.10 Å². The van der Waals surface area contributed by atoms with E-state index in [0.717, 1.165) is 5.56 Å². The number of hydrogen-bond donors (Lipinski definition) is 0. The quantitative estimate of drug-likeness (QED) is 0.644. The third kappa shape index (κ3) is 3.22. The molecule has 0 saturated heterocycles. The number of carbonyl (C=O) groups is 1. The second-order valence-electron chi connectivity index (χ2n) is 6.12. The molecule has 1 aliphatic heterocycles. The van der Waals surface area contributed by atoms with Crippen molar-refractivity contribution in [1.82, 2.24) is 5.01 Å². The second-order valence-corrected chi connectivity index (χ2v) is 6.52. The number of halogens is 1. The van der Waals surface area contributed by atoms with Crippen LogP contribution in [0.15, 0.2) is 76.4 Å². The summed E-state index contributed by atoms with van der Waals surface area (Å²) in [5.41, 5.74) is 1.99. The highest BCUT2D eigenvalue weighted by Crippen LogP contribution is 2.38. The first-order valence-corrected chi connectivity index (χ1v) is 8.89. The highest BCUT2D eigenvalue weighted by molar-refractivity contribution is 6.33. The van der Waals surface area contributed by atoms with Gasteiger partial charge >= 0.3 is 0 Å². The highest BCUT2D eigenvalue weighted by Gasteiger charge is 2.36. The van der Waals surface area contributed by atoms with E-state index in [-0.39, 0.29) is 11.9 Å². The Morgan fingerprint density at radius 2 is 1.93 bits per heavy atom. The Morgan fingerprint density at radius 3 is 2.67 bits per heavy atom. The average Bonchev–Trinajstić information content (AvgIpc) is 3.37. The largest absolute Gasteiger partial charge is 0.496 e. The van der Waals surface area contributed by atoms with Crippen LogP contribution in [0.4, 0.5) is 0 Å². The molecule has 0 spiro atoms. The molecule has 0 N–H and O–H groups in total. The average molecular weight is 381 g/mol. The maximum absolute atomic E-state index is 13.2. The fourth-order valence-corrected chi connectivity index (χ4v) is 3.45. The first-order chi connectivity index (χ1) is 13.2. The molecular weight excluding hydrogens is 364 g/mol. The van der Waals surface area contributed by atoms with Crippen molar-refractivity contribution in [2.45, 2.75) is 12.5 Å². The highest BCUT2D eigenvalue weighted by atomic mass is 35.5. The molecule has 0 fully saturated rings. The molecule has 6 heteroatoms.